The van der Waals surface area contributed by atoms with Crippen LogP contribution in [0.15, 0.2) is 78.6 Å². The second-order valence-electron chi connectivity index (χ2n) is 21.6. The van der Waals surface area contributed by atoms with Crippen molar-refractivity contribution in [3.05, 3.63) is 112 Å². The highest BCUT2D eigenvalue weighted by Gasteiger charge is 2.43. The molecule has 4 aromatic carbocycles. The predicted octanol–water partition coefficient (Wildman–Crippen LogP) is 7.99. The summed E-state index contributed by atoms with van der Waals surface area (Å²) in [6.07, 6.45) is 5.21. The van der Waals surface area contributed by atoms with E-state index in [4.69, 9.17) is 24.2 Å². The summed E-state index contributed by atoms with van der Waals surface area (Å²) in [4.78, 5) is 47.9. The summed E-state index contributed by atoms with van der Waals surface area (Å²) >= 11 is 1.54. The zero-order valence-electron chi connectivity index (χ0n) is 45.8. The molecule has 2 amide bonds. The summed E-state index contributed by atoms with van der Waals surface area (Å²) in [5.41, 5.74) is 10.6. The number of rotatable bonds is 19. The maximum absolute atomic E-state index is 16.1. The molecule has 0 unspecified atom stereocenters. The number of β-amino-alcohol motifs (C(OH)–C–C–N with tert-alkyl or cyclic N) is 1. The molecule has 0 radical (unpaired) electrons. The molecule has 5 atom stereocenters. The van der Waals surface area contributed by atoms with Crippen LogP contribution in [0.25, 0.3) is 54.6 Å². The minimum atomic E-state index is -0.981. The number of ether oxygens (including phenoxy) is 3. The van der Waals surface area contributed by atoms with Gasteiger partial charge in [0.1, 0.15) is 48.1 Å². The maximum Gasteiger partial charge on any atom is 0.319 e. The van der Waals surface area contributed by atoms with Gasteiger partial charge in [0.15, 0.2) is 5.75 Å². The van der Waals surface area contributed by atoms with Crippen molar-refractivity contribution in [1.29, 1.82) is 0 Å². The highest BCUT2D eigenvalue weighted by molar-refractivity contribution is 7.13. The molecule has 80 heavy (non-hydrogen) atoms. The number of hydrogen-bond acceptors (Lipinski definition) is 16. The molecular weight excluding hydrogens is 1040 g/mol. The molecule has 2 aliphatic heterocycles. The van der Waals surface area contributed by atoms with Gasteiger partial charge in [-0.05, 0) is 98.4 Å². The number of aliphatic hydroxyl groups is 2. The molecule has 0 bridgehead atoms. The molecule has 19 nitrogen and oxygen atoms in total. The number of hydrogen-bond donors (Lipinski definition) is 5. The maximum atomic E-state index is 16.1. The summed E-state index contributed by atoms with van der Waals surface area (Å²) in [6, 6.07) is 16.6. The predicted molar refractivity (Wildman–Crippen MR) is 303 cm³/mol. The second kappa shape index (κ2) is 23.3. The quantitative estimate of drug-likeness (QED) is 0.0517. The topological polar surface area (TPSA) is 231 Å². The summed E-state index contributed by atoms with van der Waals surface area (Å²) in [5.74, 6) is -0.0530. The Morgan fingerprint density at radius 3 is 2.48 bits per heavy atom. The number of methoxy groups -OCH3 is 1. The van der Waals surface area contributed by atoms with Crippen LogP contribution in [0.3, 0.4) is 0 Å². The number of carbonyl (C=O) groups excluding carboxylic acids is 2. The molecule has 4 aromatic heterocycles. The lowest BCUT2D eigenvalue weighted by molar-refractivity contribution is -0.142. The third kappa shape index (κ3) is 11.1. The van der Waals surface area contributed by atoms with Crippen LogP contribution >= 0.6 is 11.3 Å². The summed E-state index contributed by atoms with van der Waals surface area (Å²) in [6.45, 7) is 12.6. The Kier molecular flexibility index (Phi) is 15.9. The van der Waals surface area contributed by atoms with Gasteiger partial charge in [0.25, 0.3) is 0 Å². The number of likely N-dealkylation sites (tertiary alicyclic amines) is 1. The Balaban J connectivity index is 0.872. The standard InChI is InChI=1S/C59H67FN12O7S/c1-32(2)53(58(76)71-26-41(74)22-49(71)57(75)64-48(28-73)39-14-16-40(17-15-39)55-35(5)62-31-80-55)72-27-47(68-69-72)38-10-8-36(9-11-38)30-78-54-51(50-34(4)45(60)24-46-44(50)25-63-67-46)42(37-12-13-37)23-43-52(54)65-59(79-29-33(3)77-6)66-56(43)70-20-7-18-61-19-21-70/h8-11,14-17,23-25,27,31-33,37,41,48-49,53,61,73-74H,7,12-13,18-22,26,28-30H2,1-6H3,(H,63,67)(H,64,75)/t33-,41+,48-,49-,53-/m0/s1. The summed E-state index contributed by atoms with van der Waals surface area (Å²) in [7, 11) is 1.63. The van der Waals surface area contributed by atoms with Gasteiger partial charge in [-0.15, -0.1) is 16.4 Å². The van der Waals surface area contributed by atoms with Gasteiger partial charge in [0.2, 0.25) is 11.8 Å². The van der Waals surface area contributed by atoms with Gasteiger partial charge in [0.05, 0.1) is 58.8 Å². The van der Waals surface area contributed by atoms with E-state index >= 15 is 4.39 Å². The van der Waals surface area contributed by atoms with Gasteiger partial charge in [-0.3, -0.25) is 14.7 Å². The number of aryl methyl sites for hydroxylation is 1. The van der Waals surface area contributed by atoms with Crippen molar-refractivity contribution < 1.29 is 38.4 Å². The number of aromatic nitrogens is 8. The van der Waals surface area contributed by atoms with Crippen molar-refractivity contribution in [2.75, 3.05) is 57.9 Å². The number of benzene rings is 4. The lowest BCUT2D eigenvalue weighted by Crippen LogP contribution is -2.50. The highest BCUT2D eigenvalue weighted by atomic mass is 32.1. The molecule has 1 saturated carbocycles. The first-order valence-corrected chi connectivity index (χ1v) is 28.3. The molecule has 8 aromatic rings. The number of fused-ring (bicyclic) bond motifs is 2. The Morgan fingerprint density at radius 1 is 0.963 bits per heavy atom. The minimum absolute atomic E-state index is 0.0392. The van der Waals surface area contributed by atoms with Crippen molar-refractivity contribution in [2.24, 2.45) is 5.92 Å². The van der Waals surface area contributed by atoms with Gasteiger partial charge >= 0.3 is 6.01 Å². The number of aromatic amines is 1. The Hall–Kier alpha value is -7.43. The fraction of sp³-hybridized carbons (Fsp3) is 0.424. The van der Waals surface area contributed by atoms with E-state index in [2.05, 4.69) is 47.1 Å². The molecule has 1 aliphatic carbocycles. The SMILES string of the molecule is CO[C@@H](C)COc1nc(N2CCCNCC2)c2cc(C3CC3)c(-c3c(C)c(F)cc4[nH]ncc34)c(OCc3ccc(-c4cn([C@H](C(=O)N5C[C@H](O)C[C@H]5C(=O)N[C@@H](CO)c5ccc(-c6scnc6C)cc5)C(C)C)nn4)cc3)c2n1. The third-order valence-electron chi connectivity index (χ3n) is 15.6. The highest BCUT2D eigenvalue weighted by Crippen LogP contribution is 2.53. The van der Waals surface area contributed by atoms with Crippen molar-refractivity contribution in [3.63, 3.8) is 0 Å². The van der Waals surface area contributed by atoms with E-state index in [0.29, 0.717) is 39.2 Å². The number of nitrogens with zero attached hydrogens (tertiary/aromatic N) is 9. The molecule has 11 rings (SSSR count). The summed E-state index contributed by atoms with van der Waals surface area (Å²) in [5, 5.41) is 45.7. The van der Waals surface area contributed by atoms with Crippen LogP contribution in [0.4, 0.5) is 10.2 Å². The smallest absolute Gasteiger partial charge is 0.319 e. The van der Waals surface area contributed by atoms with E-state index in [-0.39, 0.29) is 68.5 Å². The van der Waals surface area contributed by atoms with Gasteiger partial charge in [-0.1, -0.05) is 67.6 Å². The van der Waals surface area contributed by atoms with Crippen LogP contribution in [0.1, 0.15) is 92.4 Å². The number of anilines is 1. The Bertz CT molecular complexity index is 3520. The van der Waals surface area contributed by atoms with Crippen LogP contribution in [-0.2, 0) is 20.9 Å². The van der Waals surface area contributed by atoms with Crippen LogP contribution < -0.4 is 25.0 Å². The van der Waals surface area contributed by atoms with Crippen LogP contribution in [0.2, 0.25) is 0 Å². The van der Waals surface area contributed by atoms with Crippen molar-refractivity contribution >= 4 is 50.8 Å². The Morgan fingerprint density at radius 2 is 1.75 bits per heavy atom. The number of aliphatic hydroxyl groups excluding tert-OH is 2. The molecule has 6 heterocycles. The fourth-order valence-electron chi connectivity index (χ4n) is 11.0. The molecule has 5 N–H and O–H groups in total. The second-order valence-corrected chi connectivity index (χ2v) is 22.4. The number of nitrogens with one attached hydrogen (secondary N) is 3. The van der Waals surface area contributed by atoms with Crippen molar-refractivity contribution in [2.45, 2.75) is 103 Å². The number of amides is 2. The average Bonchev–Trinajstić information content (AvgIpc) is 3.32. The third-order valence-corrected chi connectivity index (χ3v) is 16.6. The van der Waals surface area contributed by atoms with E-state index in [9.17, 15) is 19.8 Å². The largest absolute Gasteiger partial charge is 0.486 e. The first-order valence-electron chi connectivity index (χ1n) is 27.4. The molecule has 3 fully saturated rings. The molecule has 418 valence electrons. The van der Waals surface area contributed by atoms with E-state index in [1.807, 2.05) is 76.2 Å². The van der Waals surface area contributed by atoms with Crippen LogP contribution in [-0.4, -0.2) is 138 Å². The monoisotopic (exact) mass is 1110 g/mol. The fourth-order valence-corrected chi connectivity index (χ4v) is 11.9. The van der Waals surface area contributed by atoms with Gasteiger partial charge < -0.3 is 44.9 Å². The van der Waals surface area contributed by atoms with E-state index < -0.39 is 30.1 Å². The van der Waals surface area contributed by atoms with Crippen LogP contribution in [0, 0.1) is 25.6 Å². The molecule has 3 aliphatic rings. The van der Waals surface area contributed by atoms with E-state index in [1.54, 1.807) is 43.3 Å². The minimum Gasteiger partial charge on any atom is -0.486 e. The average molecular weight is 1110 g/mol. The molecular formula is C59H67FN12O7S. The van der Waals surface area contributed by atoms with Gasteiger partial charge in [-0.2, -0.15) is 15.1 Å². The Labute approximate surface area is 466 Å². The first-order chi connectivity index (χ1) is 38.8. The van der Waals surface area contributed by atoms with Gasteiger partial charge in [-0.25, -0.2) is 14.1 Å². The van der Waals surface area contributed by atoms with Crippen LogP contribution in [0.5, 0.6) is 11.8 Å². The van der Waals surface area contributed by atoms with Gasteiger partial charge in [0, 0.05) is 67.2 Å². The lowest BCUT2D eigenvalue weighted by atomic mass is 9.88. The number of carbonyl (C=O) groups is 2. The zero-order chi connectivity index (χ0) is 55.8. The van der Waals surface area contributed by atoms with Crippen molar-refractivity contribution in [3.8, 4) is 44.6 Å². The van der Waals surface area contributed by atoms with E-state index in [1.165, 1.54) is 15.6 Å². The summed E-state index contributed by atoms with van der Waals surface area (Å²) < 4.78 is 36.5. The molecule has 21 heteroatoms. The number of halogens is 1. The molecule has 2 saturated heterocycles. The molecule has 0 spiro atoms. The van der Waals surface area contributed by atoms with E-state index in [0.717, 1.165) is 100 Å². The lowest BCUT2D eigenvalue weighted by Gasteiger charge is -2.30. The van der Waals surface area contributed by atoms with Crippen molar-refractivity contribution in [1.82, 2.24) is 55.7 Å². The first kappa shape index (κ1) is 54.5. The zero-order valence-corrected chi connectivity index (χ0v) is 46.6. The normalized spacial score (nSPS) is 18.0. The number of H-pyrrole nitrogens is 1. The number of thiazole rings is 1.